The molecule has 0 bridgehead atoms. The van der Waals surface area contributed by atoms with Gasteiger partial charge in [0.1, 0.15) is 0 Å². The predicted octanol–water partition coefficient (Wildman–Crippen LogP) is 3.30. The van der Waals surface area contributed by atoms with E-state index in [-0.39, 0.29) is 11.5 Å². The van der Waals surface area contributed by atoms with Crippen LogP contribution >= 0.6 is 15.9 Å². The first-order valence-electron chi connectivity index (χ1n) is 6.04. The first-order valence-corrected chi connectivity index (χ1v) is 6.83. The van der Waals surface area contributed by atoms with E-state index in [2.05, 4.69) is 21.2 Å². The highest BCUT2D eigenvalue weighted by molar-refractivity contribution is 9.10. The number of aryl methyl sites for hydroxylation is 1. The van der Waals surface area contributed by atoms with Gasteiger partial charge in [0.25, 0.3) is 5.91 Å². The van der Waals surface area contributed by atoms with Gasteiger partial charge < -0.3 is 10.1 Å². The highest BCUT2D eigenvalue weighted by atomic mass is 79.9. The van der Waals surface area contributed by atoms with Crippen LogP contribution in [-0.4, -0.2) is 24.7 Å². The van der Waals surface area contributed by atoms with Crippen molar-refractivity contribution in [2.45, 2.75) is 33.3 Å². The standard InChI is InChI=1S/C14H20BrNO2/c1-5-18-14(3,4)9-16-13(17)11-7-6-10(2)8-12(11)15/h6-8H,5,9H2,1-4H3,(H,16,17). The molecular formula is C14H20BrNO2. The van der Waals surface area contributed by atoms with Crippen molar-refractivity contribution in [1.29, 1.82) is 0 Å². The third kappa shape index (κ3) is 4.42. The third-order valence-electron chi connectivity index (χ3n) is 2.58. The summed E-state index contributed by atoms with van der Waals surface area (Å²) in [6.07, 6.45) is 0. The van der Waals surface area contributed by atoms with Gasteiger partial charge >= 0.3 is 0 Å². The Labute approximate surface area is 117 Å². The first kappa shape index (κ1) is 15.2. The Balaban J connectivity index is 2.66. The molecule has 0 spiro atoms. The van der Waals surface area contributed by atoms with E-state index in [0.29, 0.717) is 18.7 Å². The lowest BCUT2D eigenvalue weighted by Gasteiger charge is -2.25. The monoisotopic (exact) mass is 313 g/mol. The van der Waals surface area contributed by atoms with Crippen molar-refractivity contribution in [3.05, 3.63) is 33.8 Å². The molecule has 0 aliphatic rings. The molecule has 0 atom stereocenters. The highest BCUT2D eigenvalue weighted by Gasteiger charge is 2.19. The number of carbonyl (C=O) groups is 1. The van der Waals surface area contributed by atoms with Crippen LogP contribution in [0.4, 0.5) is 0 Å². The first-order chi connectivity index (χ1) is 8.35. The molecule has 4 heteroatoms. The largest absolute Gasteiger partial charge is 0.374 e. The second kappa shape index (κ2) is 6.34. The van der Waals surface area contributed by atoms with Crippen LogP contribution in [0.2, 0.25) is 0 Å². The number of rotatable bonds is 5. The van der Waals surface area contributed by atoms with Crippen LogP contribution < -0.4 is 5.32 Å². The molecule has 0 saturated heterocycles. The van der Waals surface area contributed by atoms with Gasteiger partial charge in [-0.25, -0.2) is 0 Å². The molecule has 1 aromatic carbocycles. The van der Waals surface area contributed by atoms with Crippen LogP contribution in [0.25, 0.3) is 0 Å². The van der Waals surface area contributed by atoms with Crippen molar-refractivity contribution >= 4 is 21.8 Å². The summed E-state index contributed by atoms with van der Waals surface area (Å²) < 4.78 is 6.35. The molecule has 0 aromatic heterocycles. The number of amides is 1. The average Bonchev–Trinajstić information content (AvgIpc) is 2.26. The quantitative estimate of drug-likeness (QED) is 0.905. The Morgan fingerprint density at radius 1 is 1.44 bits per heavy atom. The minimum absolute atomic E-state index is 0.0883. The topological polar surface area (TPSA) is 38.3 Å². The zero-order chi connectivity index (χ0) is 13.8. The molecule has 0 heterocycles. The molecule has 1 aromatic rings. The van der Waals surface area contributed by atoms with Crippen molar-refractivity contribution in [3.8, 4) is 0 Å². The summed E-state index contributed by atoms with van der Waals surface area (Å²) >= 11 is 3.41. The Morgan fingerprint density at radius 3 is 2.67 bits per heavy atom. The maximum absolute atomic E-state index is 12.0. The second-order valence-electron chi connectivity index (χ2n) is 4.86. The molecule has 100 valence electrons. The summed E-state index contributed by atoms with van der Waals surface area (Å²) in [5.74, 6) is -0.0883. The van der Waals surface area contributed by atoms with Crippen LogP contribution in [0.5, 0.6) is 0 Å². The lowest BCUT2D eigenvalue weighted by atomic mass is 10.1. The Bertz CT molecular complexity index is 430. The summed E-state index contributed by atoms with van der Waals surface area (Å²) in [6.45, 7) is 8.98. The molecule has 0 radical (unpaired) electrons. The van der Waals surface area contributed by atoms with E-state index in [9.17, 15) is 4.79 Å². The van der Waals surface area contributed by atoms with E-state index in [4.69, 9.17) is 4.74 Å². The molecule has 1 N–H and O–H groups in total. The van der Waals surface area contributed by atoms with Crippen molar-refractivity contribution in [2.75, 3.05) is 13.2 Å². The zero-order valence-electron chi connectivity index (χ0n) is 11.3. The number of hydrogen-bond donors (Lipinski definition) is 1. The van der Waals surface area contributed by atoms with E-state index in [0.717, 1.165) is 10.0 Å². The fourth-order valence-corrected chi connectivity index (χ4v) is 2.31. The van der Waals surface area contributed by atoms with E-state index in [1.165, 1.54) is 0 Å². The molecule has 1 rings (SSSR count). The summed E-state index contributed by atoms with van der Waals surface area (Å²) in [5.41, 5.74) is 1.42. The van der Waals surface area contributed by atoms with Crippen molar-refractivity contribution < 1.29 is 9.53 Å². The van der Waals surface area contributed by atoms with Crippen molar-refractivity contribution in [1.82, 2.24) is 5.32 Å². The maximum Gasteiger partial charge on any atom is 0.252 e. The van der Waals surface area contributed by atoms with Gasteiger partial charge in [0.05, 0.1) is 11.2 Å². The number of ether oxygens (including phenoxy) is 1. The smallest absolute Gasteiger partial charge is 0.252 e. The lowest BCUT2D eigenvalue weighted by molar-refractivity contribution is -0.00815. The summed E-state index contributed by atoms with van der Waals surface area (Å²) in [7, 11) is 0. The van der Waals surface area contributed by atoms with Crippen molar-refractivity contribution in [2.24, 2.45) is 0 Å². The van der Waals surface area contributed by atoms with Gasteiger partial charge in [0.2, 0.25) is 0 Å². The molecule has 1 amide bonds. The van der Waals surface area contributed by atoms with Gasteiger partial charge in [-0.15, -0.1) is 0 Å². The SMILES string of the molecule is CCOC(C)(C)CNC(=O)c1ccc(C)cc1Br. The summed E-state index contributed by atoms with van der Waals surface area (Å²) in [4.78, 5) is 12.0. The van der Waals surface area contributed by atoms with Crippen LogP contribution in [0.1, 0.15) is 36.7 Å². The Morgan fingerprint density at radius 2 is 2.11 bits per heavy atom. The molecule has 0 unspecified atom stereocenters. The van der Waals surface area contributed by atoms with Gasteiger partial charge in [-0.2, -0.15) is 0 Å². The second-order valence-corrected chi connectivity index (χ2v) is 5.71. The van der Waals surface area contributed by atoms with Crippen molar-refractivity contribution in [3.63, 3.8) is 0 Å². The maximum atomic E-state index is 12.0. The zero-order valence-corrected chi connectivity index (χ0v) is 12.9. The molecule has 0 saturated carbocycles. The van der Waals surface area contributed by atoms with Gasteiger partial charge in [-0.05, 0) is 61.3 Å². The number of hydrogen-bond acceptors (Lipinski definition) is 2. The van der Waals surface area contributed by atoms with E-state index >= 15 is 0 Å². The van der Waals surface area contributed by atoms with Gasteiger partial charge in [-0.3, -0.25) is 4.79 Å². The normalized spacial score (nSPS) is 11.4. The van der Waals surface area contributed by atoms with Gasteiger partial charge in [0.15, 0.2) is 0 Å². The molecule has 0 aliphatic carbocycles. The number of halogens is 1. The van der Waals surface area contributed by atoms with Gasteiger partial charge in [-0.1, -0.05) is 6.07 Å². The molecular weight excluding hydrogens is 294 g/mol. The lowest BCUT2D eigenvalue weighted by Crippen LogP contribution is -2.40. The molecule has 0 fully saturated rings. The Kier molecular flexibility index (Phi) is 5.35. The third-order valence-corrected chi connectivity index (χ3v) is 3.24. The Hall–Kier alpha value is -0.870. The number of benzene rings is 1. The minimum atomic E-state index is -0.346. The van der Waals surface area contributed by atoms with Crippen LogP contribution in [0.15, 0.2) is 22.7 Å². The highest BCUT2D eigenvalue weighted by Crippen LogP contribution is 2.18. The molecule has 3 nitrogen and oxygen atoms in total. The molecule has 18 heavy (non-hydrogen) atoms. The summed E-state index contributed by atoms with van der Waals surface area (Å²) in [5, 5.41) is 2.89. The van der Waals surface area contributed by atoms with E-state index in [1.54, 1.807) is 0 Å². The van der Waals surface area contributed by atoms with Gasteiger partial charge in [0, 0.05) is 17.6 Å². The fraction of sp³-hybridized carbons (Fsp3) is 0.500. The van der Waals surface area contributed by atoms with Crippen LogP contribution in [0.3, 0.4) is 0 Å². The number of nitrogens with one attached hydrogen (secondary N) is 1. The van der Waals surface area contributed by atoms with E-state index in [1.807, 2.05) is 45.9 Å². The van der Waals surface area contributed by atoms with Crippen LogP contribution in [0, 0.1) is 6.92 Å². The molecule has 0 aliphatic heterocycles. The predicted molar refractivity (Wildman–Crippen MR) is 76.9 cm³/mol. The summed E-state index contributed by atoms with van der Waals surface area (Å²) in [6, 6.07) is 5.68. The van der Waals surface area contributed by atoms with E-state index < -0.39 is 0 Å². The number of carbonyl (C=O) groups excluding carboxylic acids is 1. The minimum Gasteiger partial charge on any atom is -0.374 e. The van der Waals surface area contributed by atoms with Crippen LogP contribution in [-0.2, 0) is 4.74 Å². The average molecular weight is 314 g/mol. The fourth-order valence-electron chi connectivity index (χ4n) is 1.63.